The minimum atomic E-state index is 0. The molecular weight excluding hydrogens is 387 g/mol. The molecule has 27 heavy (non-hydrogen) atoms. The highest BCUT2D eigenvalue weighted by atomic mass is 35.5. The van der Waals surface area contributed by atoms with E-state index in [1.807, 2.05) is 4.90 Å². The fourth-order valence-corrected chi connectivity index (χ4v) is 3.47. The molecule has 0 spiro atoms. The second-order valence-corrected chi connectivity index (χ2v) is 7.58. The Hall–Kier alpha value is -1.17. The molecule has 2 rings (SSSR count). The Balaban J connectivity index is 0.00000364. The zero-order valence-corrected chi connectivity index (χ0v) is 18.3. The Morgan fingerprint density at radius 2 is 2.00 bits per heavy atom. The highest BCUT2D eigenvalue weighted by Gasteiger charge is 2.27. The molecule has 7 heteroatoms. The van der Waals surface area contributed by atoms with Crippen LogP contribution in [-0.2, 0) is 0 Å². The Labute approximate surface area is 174 Å². The van der Waals surface area contributed by atoms with Crippen LogP contribution in [0.2, 0.25) is 5.02 Å². The maximum Gasteiger partial charge on any atom is 0.254 e. The number of carbonyl (C=O) groups is 1. The van der Waals surface area contributed by atoms with Gasteiger partial charge in [-0.3, -0.25) is 4.79 Å². The number of carbonyl (C=O) groups excluding carboxylic acids is 1. The second-order valence-electron chi connectivity index (χ2n) is 7.17. The van der Waals surface area contributed by atoms with E-state index >= 15 is 0 Å². The first kappa shape index (κ1) is 23.9. The number of benzene rings is 1. The van der Waals surface area contributed by atoms with Gasteiger partial charge in [0.1, 0.15) is 0 Å². The van der Waals surface area contributed by atoms with Crippen molar-refractivity contribution in [3.63, 3.8) is 0 Å². The predicted octanol–water partition coefficient (Wildman–Crippen LogP) is 4.41. The van der Waals surface area contributed by atoms with Crippen LogP contribution in [0.5, 0.6) is 11.5 Å². The zero-order chi connectivity index (χ0) is 19.1. The highest BCUT2D eigenvalue weighted by Crippen LogP contribution is 2.37. The number of ether oxygens (including phenoxy) is 2. The van der Waals surface area contributed by atoms with Gasteiger partial charge in [0.15, 0.2) is 11.5 Å². The Morgan fingerprint density at radius 1 is 1.33 bits per heavy atom. The molecule has 1 amide bonds. The van der Waals surface area contributed by atoms with Crippen molar-refractivity contribution >= 4 is 29.9 Å². The molecule has 5 nitrogen and oxygen atoms in total. The third-order valence-electron chi connectivity index (χ3n) is 4.51. The van der Waals surface area contributed by atoms with Gasteiger partial charge in [-0.15, -0.1) is 12.4 Å². The van der Waals surface area contributed by atoms with E-state index in [4.69, 9.17) is 21.1 Å². The second kappa shape index (κ2) is 11.6. The van der Waals surface area contributed by atoms with Gasteiger partial charge in [0.2, 0.25) is 0 Å². The van der Waals surface area contributed by atoms with E-state index in [-0.39, 0.29) is 24.4 Å². The van der Waals surface area contributed by atoms with Crippen LogP contribution in [0, 0.1) is 5.92 Å². The molecule has 0 saturated carbocycles. The van der Waals surface area contributed by atoms with Crippen LogP contribution >= 0.6 is 24.0 Å². The van der Waals surface area contributed by atoms with Crippen LogP contribution in [0.25, 0.3) is 0 Å². The van der Waals surface area contributed by atoms with E-state index in [1.54, 1.807) is 19.2 Å². The molecule has 1 aromatic carbocycles. The SMILES string of the molecule is CCCN(C(=O)c1cc(Cl)c(OCC(C)C)c(OC)c1)C1CCNCC1.Cl. The van der Waals surface area contributed by atoms with Crippen molar-refractivity contribution in [1.29, 1.82) is 0 Å². The van der Waals surface area contributed by atoms with E-state index in [9.17, 15) is 4.79 Å². The van der Waals surface area contributed by atoms with Crippen molar-refractivity contribution in [3.05, 3.63) is 22.7 Å². The van der Waals surface area contributed by atoms with Gasteiger partial charge in [-0.1, -0.05) is 32.4 Å². The molecule has 1 fully saturated rings. The van der Waals surface area contributed by atoms with Gasteiger partial charge < -0.3 is 19.7 Å². The third-order valence-corrected chi connectivity index (χ3v) is 4.79. The van der Waals surface area contributed by atoms with E-state index in [0.717, 1.165) is 38.9 Å². The lowest BCUT2D eigenvalue weighted by atomic mass is 10.0. The molecule has 1 aromatic rings. The lowest BCUT2D eigenvalue weighted by Crippen LogP contribution is -2.46. The average Bonchev–Trinajstić information content (AvgIpc) is 2.64. The number of piperidine rings is 1. The Morgan fingerprint density at radius 3 is 2.56 bits per heavy atom. The molecule has 0 bridgehead atoms. The van der Waals surface area contributed by atoms with Crippen molar-refractivity contribution in [2.75, 3.05) is 33.4 Å². The van der Waals surface area contributed by atoms with Crippen LogP contribution < -0.4 is 14.8 Å². The normalized spacial score (nSPS) is 14.6. The summed E-state index contributed by atoms with van der Waals surface area (Å²) in [5.41, 5.74) is 0.552. The van der Waals surface area contributed by atoms with Crippen molar-refractivity contribution < 1.29 is 14.3 Å². The number of methoxy groups -OCH3 is 1. The number of halogens is 2. The molecule has 0 atom stereocenters. The van der Waals surface area contributed by atoms with Crippen LogP contribution in [0.4, 0.5) is 0 Å². The summed E-state index contributed by atoms with van der Waals surface area (Å²) in [6.45, 7) is 9.42. The number of hydrogen-bond acceptors (Lipinski definition) is 4. The largest absolute Gasteiger partial charge is 0.493 e. The molecule has 154 valence electrons. The van der Waals surface area contributed by atoms with E-state index in [2.05, 4.69) is 26.1 Å². The zero-order valence-electron chi connectivity index (χ0n) is 16.7. The van der Waals surface area contributed by atoms with Crippen LogP contribution in [0.1, 0.15) is 50.4 Å². The molecule has 0 aliphatic carbocycles. The minimum Gasteiger partial charge on any atom is -0.493 e. The van der Waals surface area contributed by atoms with Gasteiger partial charge in [0.25, 0.3) is 5.91 Å². The number of amides is 1. The van der Waals surface area contributed by atoms with Crippen molar-refractivity contribution in [2.45, 2.75) is 46.1 Å². The Bertz CT molecular complexity index is 605. The topological polar surface area (TPSA) is 50.8 Å². The molecule has 1 N–H and O–H groups in total. The summed E-state index contributed by atoms with van der Waals surface area (Å²) in [6, 6.07) is 3.71. The molecule has 1 aliphatic rings. The summed E-state index contributed by atoms with van der Waals surface area (Å²) in [6.07, 6.45) is 2.88. The summed E-state index contributed by atoms with van der Waals surface area (Å²) >= 11 is 6.42. The summed E-state index contributed by atoms with van der Waals surface area (Å²) < 4.78 is 11.2. The van der Waals surface area contributed by atoms with Crippen LogP contribution in [0.15, 0.2) is 12.1 Å². The number of nitrogens with zero attached hydrogens (tertiary/aromatic N) is 1. The molecule has 0 unspecified atom stereocenters. The van der Waals surface area contributed by atoms with Gasteiger partial charge in [-0.05, 0) is 50.4 Å². The van der Waals surface area contributed by atoms with E-state index in [1.165, 1.54) is 0 Å². The third kappa shape index (κ3) is 6.44. The maximum atomic E-state index is 13.2. The summed E-state index contributed by atoms with van der Waals surface area (Å²) in [7, 11) is 1.57. The number of rotatable bonds is 8. The standard InChI is InChI=1S/C20H31ClN2O3.ClH/c1-5-10-23(16-6-8-22-9-7-16)20(24)15-11-17(21)19(18(12-15)25-4)26-13-14(2)3;/h11-12,14,16,22H,5-10,13H2,1-4H3;1H. The number of nitrogens with one attached hydrogen (secondary N) is 1. The molecule has 1 aliphatic heterocycles. The van der Waals surface area contributed by atoms with Gasteiger partial charge in [-0.25, -0.2) is 0 Å². The molecule has 0 aromatic heterocycles. The van der Waals surface area contributed by atoms with E-state index < -0.39 is 0 Å². The first-order valence-corrected chi connectivity index (χ1v) is 9.87. The van der Waals surface area contributed by atoms with Crippen molar-refractivity contribution in [3.8, 4) is 11.5 Å². The van der Waals surface area contributed by atoms with Gasteiger partial charge in [0, 0.05) is 18.2 Å². The predicted molar refractivity (Wildman–Crippen MR) is 113 cm³/mol. The quantitative estimate of drug-likeness (QED) is 0.678. The summed E-state index contributed by atoms with van der Waals surface area (Å²) in [5.74, 6) is 1.39. The minimum absolute atomic E-state index is 0. The van der Waals surface area contributed by atoms with Crippen molar-refractivity contribution in [2.24, 2.45) is 5.92 Å². The fraction of sp³-hybridized carbons (Fsp3) is 0.650. The lowest BCUT2D eigenvalue weighted by Gasteiger charge is -2.34. The molecule has 1 saturated heterocycles. The first-order valence-electron chi connectivity index (χ1n) is 9.49. The molecular formula is C20H32Cl2N2O3. The lowest BCUT2D eigenvalue weighted by molar-refractivity contribution is 0.0642. The molecule has 1 heterocycles. The van der Waals surface area contributed by atoms with Gasteiger partial charge in [0.05, 0.1) is 18.7 Å². The van der Waals surface area contributed by atoms with Crippen molar-refractivity contribution in [1.82, 2.24) is 10.2 Å². The monoisotopic (exact) mass is 418 g/mol. The maximum absolute atomic E-state index is 13.2. The summed E-state index contributed by atoms with van der Waals surface area (Å²) in [4.78, 5) is 15.2. The first-order chi connectivity index (χ1) is 12.5. The van der Waals surface area contributed by atoms with Crippen LogP contribution in [0.3, 0.4) is 0 Å². The van der Waals surface area contributed by atoms with Gasteiger partial charge in [-0.2, -0.15) is 0 Å². The van der Waals surface area contributed by atoms with Gasteiger partial charge >= 0.3 is 0 Å². The Kier molecular flexibility index (Phi) is 10.3. The van der Waals surface area contributed by atoms with Crippen LogP contribution in [-0.4, -0.2) is 50.2 Å². The average molecular weight is 419 g/mol. The smallest absolute Gasteiger partial charge is 0.254 e. The molecule has 0 radical (unpaired) electrons. The number of hydrogen-bond donors (Lipinski definition) is 1. The van der Waals surface area contributed by atoms with E-state index in [0.29, 0.717) is 34.6 Å². The fourth-order valence-electron chi connectivity index (χ4n) is 3.21. The summed E-state index contributed by atoms with van der Waals surface area (Å²) in [5, 5.41) is 3.76. The highest BCUT2D eigenvalue weighted by molar-refractivity contribution is 6.32.